The van der Waals surface area contributed by atoms with Crippen LogP contribution in [0.4, 0.5) is 17.1 Å². The summed E-state index contributed by atoms with van der Waals surface area (Å²) in [5.74, 6) is 0.994. The van der Waals surface area contributed by atoms with Gasteiger partial charge < -0.3 is 19.3 Å². The lowest BCUT2D eigenvalue weighted by molar-refractivity contribution is 0.0224. The van der Waals surface area contributed by atoms with Gasteiger partial charge in [-0.1, -0.05) is 96.6 Å². The third-order valence-corrected chi connectivity index (χ3v) is 9.29. The van der Waals surface area contributed by atoms with E-state index in [-0.39, 0.29) is 5.97 Å². The van der Waals surface area contributed by atoms with Crippen LogP contribution in [-0.2, 0) is 23.4 Å². The van der Waals surface area contributed by atoms with Crippen molar-refractivity contribution in [1.82, 2.24) is 0 Å². The fraction of sp³-hybridized carbons (Fsp3) is 0.119. The monoisotopic (exact) mass is 614 g/mol. The van der Waals surface area contributed by atoms with Crippen LogP contribution in [0.25, 0.3) is 0 Å². The molecule has 6 aromatic carbocycles. The SMILES string of the molecule is Cc1ccc(N(C)c2ccc3c(c2)Oc2ccc(N(Cc4ccccc4)Cc4ccccc4)cc2C32OC(=O)c3ccccc32)cc1. The quantitative estimate of drug-likeness (QED) is 0.168. The van der Waals surface area contributed by atoms with Gasteiger partial charge in [0.25, 0.3) is 0 Å². The highest BCUT2D eigenvalue weighted by atomic mass is 16.6. The summed E-state index contributed by atoms with van der Waals surface area (Å²) in [7, 11) is 2.05. The second-order valence-electron chi connectivity index (χ2n) is 12.3. The summed E-state index contributed by atoms with van der Waals surface area (Å²) in [4.78, 5) is 18.1. The molecular formula is C42H34N2O3. The Morgan fingerprint density at radius 1 is 0.574 bits per heavy atom. The van der Waals surface area contributed by atoms with E-state index in [9.17, 15) is 4.79 Å². The van der Waals surface area contributed by atoms with Crippen LogP contribution >= 0.6 is 0 Å². The molecule has 0 fully saturated rings. The third kappa shape index (κ3) is 5.01. The van der Waals surface area contributed by atoms with E-state index >= 15 is 0 Å². The van der Waals surface area contributed by atoms with Crippen molar-refractivity contribution in [3.63, 3.8) is 0 Å². The minimum absolute atomic E-state index is 0.337. The highest BCUT2D eigenvalue weighted by Gasteiger charge is 2.53. The first-order chi connectivity index (χ1) is 23.0. The maximum atomic E-state index is 13.6. The van der Waals surface area contributed by atoms with Gasteiger partial charge in [-0.15, -0.1) is 0 Å². The molecule has 230 valence electrons. The molecule has 5 nitrogen and oxygen atoms in total. The lowest BCUT2D eigenvalue weighted by atomic mass is 9.77. The number of benzene rings is 6. The molecule has 2 aliphatic rings. The zero-order valence-corrected chi connectivity index (χ0v) is 26.4. The van der Waals surface area contributed by atoms with Crippen LogP contribution in [0, 0.1) is 6.92 Å². The van der Waals surface area contributed by atoms with Gasteiger partial charge in [0.2, 0.25) is 0 Å². The third-order valence-electron chi connectivity index (χ3n) is 9.29. The number of carbonyl (C=O) groups excluding carboxylic acids is 1. The Hall–Kier alpha value is -5.81. The number of aryl methyl sites for hydroxylation is 1. The average molecular weight is 615 g/mol. The van der Waals surface area contributed by atoms with Crippen molar-refractivity contribution < 1.29 is 14.3 Å². The predicted molar refractivity (Wildman–Crippen MR) is 187 cm³/mol. The molecule has 1 atom stereocenters. The summed E-state index contributed by atoms with van der Waals surface area (Å²) < 4.78 is 13.2. The number of fused-ring (bicyclic) bond motifs is 6. The molecule has 0 saturated heterocycles. The molecule has 1 spiro atoms. The molecule has 6 aromatic rings. The van der Waals surface area contributed by atoms with Gasteiger partial charge in [-0.3, -0.25) is 0 Å². The van der Waals surface area contributed by atoms with Crippen LogP contribution in [0.3, 0.4) is 0 Å². The standard InChI is InChI=1S/C42H34N2O3/c1-29-17-19-32(20-18-29)43(2)33-21-23-37-40(26-33)46-39-24-22-34(25-38(39)42(37)36-16-10-9-15-35(36)41(45)47-42)44(27-30-11-5-3-6-12-30)28-31-13-7-4-8-14-31/h3-26H,27-28H2,1-2H3. The van der Waals surface area contributed by atoms with Crippen molar-refractivity contribution in [2.45, 2.75) is 25.6 Å². The number of nitrogens with zero attached hydrogens (tertiary/aromatic N) is 2. The molecule has 47 heavy (non-hydrogen) atoms. The van der Waals surface area contributed by atoms with Crippen LogP contribution in [0.15, 0.2) is 146 Å². The smallest absolute Gasteiger partial charge is 0.340 e. The fourth-order valence-electron chi connectivity index (χ4n) is 6.82. The Morgan fingerprint density at radius 3 is 1.89 bits per heavy atom. The summed E-state index contributed by atoms with van der Waals surface area (Å²) in [6.45, 7) is 3.51. The minimum atomic E-state index is -1.15. The van der Waals surface area contributed by atoms with E-state index in [1.54, 1.807) is 0 Å². The second kappa shape index (κ2) is 11.5. The number of carbonyl (C=O) groups is 1. The number of hydrogen-bond donors (Lipinski definition) is 0. The molecule has 0 saturated carbocycles. The number of hydrogen-bond acceptors (Lipinski definition) is 5. The van der Waals surface area contributed by atoms with Crippen molar-refractivity contribution >= 4 is 23.0 Å². The van der Waals surface area contributed by atoms with Crippen molar-refractivity contribution in [1.29, 1.82) is 0 Å². The van der Waals surface area contributed by atoms with E-state index in [1.165, 1.54) is 16.7 Å². The van der Waals surface area contributed by atoms with Gasteiger partial charge in [-0.25, -0.2) is 4.79 Å². The second-order valence-corrected chi connectivity index (χ2v) is 12.3. The molecule has 0 amide bonds. The largest absolute Gasteiger partial charge is 0.456 e. The number of ether oxygens (including phenoxy) is 2. The van der Waals surface area contributed by atoms with Gasteiger partial charge in [0.15, 0.2) is 5.60 Å². The van der Waals surface area contributed by atoms with Crippen molar-refractivity contribution in [3.05, 3.63) is 185 Å². The summed E-state index contributed by atoms with van der Waals surface area (Å²) in [6, 6.07) is 49.5. The van der Waals surface area contributed by atoms with E-state index < -0.39 is 5.60 Å². The Bertz CT molecular complexity index is 2050. The van der Waals surface area contributed by atoms with Crippen LogP contribution in [0.2, 0.25) is 0 Å². The molecule has 1 unspecified atom stereocenters. The van der Waals surface area contributed by atoms with E-state index in [2.05, 4.69) is 108 Å². The highest BCUT2D eigenvalue weighted by molar-refractivity contribution is 5.97. The summed E-state index contributed by atoms with van der Waals surface area (Å²) in [5.41, 5.74) is 8.54. The van der Waals surface area contributed by atoms with E-state index in [0.29, 0.717) is 30.2 Å². The molecule has 0 radical (unpaired) electrons. The van der Waals surface area contributed by atoms with Gasteiger partial charge in [0.05, 0.1) is 5.56 Å². The molecule has 0 aliphatic carbocycles. The lowest BCUT2D eigenvalue weighted by Crippen LogP contribution is -2.33. The molecule has 0 aromatic heterocycles. The zero-order chi connectivity index (χ0) is 32.0. The van der Waals surface area contributed by atoms with E-state index in [0.717, 1.165) is 33.8 Å². The van der Waals surface area contributed by atoms with Crippen molar-refractivity contribution in [2.75, 3.05) is 16.8 Å². The molecule has 2 aliphatic heterocycles. The zero-order valence-electron chi connectivity index (χ0n) is 26.4. The van der Waals surface area contributed by atoms with Gasteiger partial charge in [-0.05, 0) is 66.6 Å². The topological polar surface area (TPSA) is 42.0 Å². The minimum Gasteiger partial charge on any atom is -0.456 e. The van der Waals surface area contributed by atoms with Gasteiger partial charge in [0.1, 0.15) is 11.5 Å². The average Bonchev–Trinajstić information content (AvgIpc) is 3.41. The predicted octanol–water partition coefficient (Wildman–Crippen LogP) is 9.54. The maximum Gasteiger partial charge on any atom is 0.340 e. The van der Waals surface area contributed by atoms with Crippen molar-refractivity contribution in [3.8, 4) is 11.5 Å². The molecule has 0 N–H and O–H groups in total. The Balaban J connectivity index is 1.27. The number of esters is 1. The Kier molecular flexibility index (Phi) is 7.02. The molecule has 5 heteroatoms. The van der Waals surface area contributed by atoms with Gasteiger partial charge in [0, 0.05) is 60.0 Å². The van der Waals surface area contributed by atoms with Crippen molar-refractivity contribution in [2.24, 2.45) is 0 Å². The van der Waals surface area contributed by atoms with Gasteiger partial charge >= 0.3 is 5.97 Å². The van der Waals surface area contributed by atoms with Crippen LogP contribution in [-0.4, -0.2) is 13.0 Å². The highest BCUT2D eigenvalue weighted by Crippen LogP contribution is 2.57. The van der Waals surface area contributed by atoms with Crippen LogP contribution < -0.4 is 14.5 Å². The van der Waals surface area contributed by atoms with E-state index in [4.69, 9.17) is 9.47 Å². The fourth-order valence-corrected chi connectivity index (χ4v) is 6.82. The normalized spacial score (nSPS) is 15.7. The molecular weight excluding hydrogens is 580 g/mol. The van der Waals surface area contributed by atoms with E-state index in [1.807, 2.05) is 61.6 Å². The first-order valence-electron chi connectivity index (χ1n) is 15.9. The number of anilines is 3. The molecule has 2 heterocycles. The summed E-state index contributed by atoms with van der Waals surface area (Å²) >= 11 is 0. The molecule has 8 rings (SSSR count). The summed E-state index contributed by atoms with van der Waals surface area (Å²) in [6.07, 6.45) is 0. The molecule has 0 bridgehead atoms. The van der Waals surface area contributed by atoms with Gasteiger partial charge in [-0.2, -0.15) is 0 Å². The first kappa shape index (κ1) is 28.6. The summed E-state index contributed by atoms with van der Waals surface area (Å²) in [5, 5.41) is 0. The van der Waals surface area contributed by atoms with Crippen LogP contribution in [0.1, 0.15) is 43.7 Å². The Morgan fingerprint density at radius 2 is 1.19 bits per heavy atom. The maximum absolute atomic E-state index is 13.6. The number of rotatable bonds is 7. The first-order valence-corrected chi connectivity index (χ1v) is 15.9. The van der Waals surface area contributed by atoms with Crippen LogP contribution in [0.5, 0.6) is 11.5 Å². The lowest BCUT2D eigenvalue weighted by Gasteiger charge is -2.38. The Labute approximate surface area is 275 Å².